The van der Waals surface area contributed by atoms with E-state index in [1.807, 2.05) is 0 Å². The van der Waals surface area contributed by atoms with Crippen LogP contribution in [0.5, 0.6) is 11.5 Å². The zero-order chi connectivity index (χ0) is 13.2. The van der Waals surface area contributed by atoms with Gasteiger partial charge in [0, 0.05) is 17.1 Å². The molecule has 0 fully saturated rings. The van der Waals surface area contributed by atoms with Gasteiger partial charge in [0.05, 0.1) is 23.0 Å². The van der Waals surface area contributed by atoms with Crippen LogP contribution in [0.25, 0.3) is 0 Å². The van der Waals surface area contributed by atoms with Crippen LogP contribution in [0.3, 0.4) is 0 Å². The number of aromatic nitrogens is 1. The molecular formula is C11H9N3O4S. The molecule has 7 nitrogen and oxygen atoms in total. The van der Waals surface area contributed by atoms with Gasteiger partial charge in [-0.05, 0) is 0 Å². The minimum absolute atomic E-state index is 0.0336. The molecule has 8 heteroatoms. The molecular weight excluding hydrogens is 270 g/mol. The Balaban J connectivity index is 1.88. The highest BCUT2D eigenvalue weighted by atomic mass is 32.1. The van der Waals surface area contributed by atoms with Gasteiger partial charge in [-0.3, -0.25) is 15.1 Å². The van der Waals surface area contributed by atoms with E-state index in [2.05, 4.69) is 10.3 Å². The lowest BCUT2D eigenvalue weighted by molar-refractivity contribution is -0.384. The number of anilines is 1. The molecule has 0 atom stereocenters. The lowest BCUT2D eigenvalue weighted by Gasteiger charge is -2.06. The maximum absolute atomic E-state index is 11.0. The zero-order valence-electron chi connectivity index (χ0n) is 9.66. The Bertz CT molecular complexity index is 615. The fraction of sp³-hybridized carbons (Fsp3) is 0.182. The van der Waals surface area contributed by atoms with Crippen LogP contribution in [-0.2, 0) is 6.54 Å². The van der Waals surface area contributed by atoms with Crippen LogP contribution >= 0.6 is 11.3 Å². The van der Waals surface area contributed by atoms with Crippen LogP contribution in [0.2, 0.25) is 0 Å². The molecule has 98 valence electrons. The minimum Gasteiger partial charge on any atom is -0.454 e. The van der Waals surface area contributed by atoms with Crippen LogP contribution in [0.4, 0.5) is 11.4 Å². The fourth-order valence-electron chi connectivity index (χ4n) is 1.74. The van der Waals surface area contributed by atoms with E-state index in [4.69, 9.17) is 9.47 Å². The predicted molar refractivity (Wildman–Crippen MR) is 68.7 cm³/mol. The minimum atomic E-state index is -0.447. The summed E-state index contributed by atoms with van der Waals surface area (Å²) in [6.07, 6.45) is 1.72. The second kappa shape index (κ2) is 4.73. The second-order valence-corrected chi connectivity index (χ2v) is 4.77. The third kappa shape index (κ3) is 2.29. The highest BCUT2D eigenvalue weighted by Crippen LogP contribution is 2.40. The number of hydrogen-bond acceptors (Lipinski definition) is 7. The standard InChI is InChI=1S/C11H9N3O4S/c15-14(16)9-2-11-10(17-6-18-11)1-8(9)13-4-7-3-12-5-19-7/h1-3,5,13H,4,6H2. The summed E-state index contributed by atoms with van der Waals surface area (Å²) in [5.41, 5.74) is 2.09. The number of benzene rings is 1. The Kier molecular flexibility index (Phi) is 2.92. The van der Waals surface area contributed by atoms with Gasteiger partial charge in [-0.25, -0.2) is 0 Å². The Morgan fingerprint density at radius 1 is 1.42 bits per heavy atom. The lowest BCUT2D eigenvalue weighted by atomic mass is 10.2. The molecule has 0 bridgehead atoms. The molecule has 1 aromatic carbocycles. The van der Waals surface area contributed by atoms with E-state index in [9.17, 15) is 10.1 Å². The summed E-state index contributed by atoms with van der Waals surface area (Å²) in [6, 6.07) is 2.96. The van der Waals surface area contributed by atoms with Crippen molar-refractivity contribution in [2.45, 2.75) is 6.54 Å². The Morgan fingerprint density at radius 3 is 2.89 bits per heavy atom. The van der Waals surface area contributed by atoms with Crippen LogP contribution in [0.15, 0.2) is 23.8 Å². The van der Waals surface area contributed by atoms with Gasteiger partial charge in [0.25, 0.3) is 5.69 Å². The highest BCUT2D eigenvalue weighted by Gasteiger charge is 2.23. The molecule has 1 aliphatic heterocycles. The van der Waals surface area contributed by atoms with Gasteiger partial charge in [-0.1, -0.05) is 0 Å². The maximum Gasteiger partial charge on any atom is 0.296 e. The molecule has 1 aliphatic rings. The van der Waals surface area contributed by atoms with E-state index in [-0.39, 0.29) is 12.5 Å². The molecule has 1 aromatic heterocycles. The Labute approximate surface area is 112 Å². The molecule has 19 heavy (non-hydrogen) atoms. The van der Waals surface area contributed by atoms with Crippen molar-refractivity contribution in [1.82, 2.24) is 4.98 Å². The molecule has 1 N–H and O–H groups in total. The monoisotopic (exact) mass is 279 g/mol. The van der Waals surface area contributed by atoms with Gasteiger partial charge in [0.1, 0.15) is 5.69 Å². The smallest absolute Gasteiger partial charge is 0.296 e. The van der Waals surface area contributed by atoms with Gasteiger partial charge >= 0.3 is 0 Å². The zero-order valence-corrected chi connectivity index (χ0v) is 10.5. The van der Waals surface area contributed by atoms with E-state index in [0.29, 0.717) is 23.7 Å². The van der Waals surface area contributed by atoms with Crippen molar-refractivity contribution < 1.29 is 14.4 Å². The third-order valence-corrected chi connectivity index (χ3v) is 3.40. The van der Waals surface area contributed by atoms with Crippen molar-refractivity contribution in [2.24, 2.45) is 0 Å². The molecule has 0 spiro atoms. The number of fused-ring (bicyclic) bond motifs is 1. The van der Waals surface area contributed by atoms with E-state index >= 15 is 0 Å². The first-order valence-electron chi connectivity index (χ1n) is 5.43. The summed E-state index contributed by atoms with van der Waals surface area (Å²) >= 11 is 1.48. The fourth-order valence-corrected chi connectivity index (χ4v) is 2.27. The van der Waals surface area contributed by atoms with Crippen molar-refractivity contribution in [2.75, 3.05) is 12.1 Å². The number of nitro groups is 1. The predicted octanol–water partition coefficient (Wildman–Crippen LogP) is 2.39. The summed E-state index contributed by atoms with van der Waals surface area (Å²) < 4.78 is 10.3. The molecule has 2 aromatic rings. The number of hydrogen-bond donors (Lipinski definition) is 1. The van der Waals surface area contributed by atoms with Gasteiger partial charge in [-0.2, -0.15) is 0 Å². The molecule has 0 unspecified atom stereocenters. The lowest BCUT2D eigenvalue weighted by Crippen LogP contribution is -2.01. The van der Waals surface area contributed by atoms with Gasteiger partial charge in [-0.15, -0.1) is 11.3 Å². The first kappa shape index (κ1) is 11.7. The summed E-state index contributed by atoms with van der Waals surface area (Å²) in [4.78, 5) is 15.5. The molecule has 0 amide bonds. The van der Waals surface area contributed by atoms with Crippen LogP contribution in [0.1, 0.15) is 4.88 Å². The molecule has 3 rings (SSSR count). The van der Waals surface area contributed by atoms with Crippen LogP contribution in [0, 0.1) is 10.1 Å². The van der Waals surface area contributed by atoms with E-state index in [1.165, 1.54) is 17.4 Å². The average molecular weight is 279 g/mol. The summed E-state index contributed by atoms with van der Waals surface area (Å²) in [5.74, 6) is 0.910. The van der Waals surface area contributed by atoms with Crippen molar-refractivity contribution in [1.29, 1.82) is 0 Å². The molecule has 0 saturated carbocycles. The molecule has 0 aliphatic carbocycles. The largest absolute Gasteiger partial charge is 0.454 e. The number of ether oxygens (including phenoxy) is 2. The summed E-state index contributed by atoms with van der Waals surface area (Å²) in [7, 11) is 0. The first-order chi connectivity index (χ1) is 9.24. The quantitative estimate of drug-likeness (QED) is 0.683. The van der Waals surface area contributed by atoms with E-state index in [0.717, 1.165) is 4.88 Å². The molecule has 0 saturated heterocycles. The van der Waals surface area contributed by atoms with Crippen LogP contribution in [-0.4, -0.2) is 16.7 Å². The molecule has 0 radical (unpaired) electrons. The number of rotatable bonds is 4. The third-order valence-electron chi connectivity index (χ3n) is 2.62. The van der Waals surface area contributed by atoms with E-state index < -0.39 is 4.92 Å². The summed E-state index contributed by atoms with van der Waals surface area (Å²) in [6.45, 7) is 0.565. The van der Waals surface area contributed by atoms with Crippen molar-refractivity contribution in [3.8, 4) is 11.5 Å². The van der Waals surface area contributed by atoms with Crippen molar-refractivity contribution >= 4 is 22.7 Å². The Morgan fingerprint density at radius 2 is 2.21 bits per heavy atom. The first-order valence-corrected chi connectivity index (χ1v) is 6.31. The number of thiazole rings is 1. The van der Waals surface area contributed by atoms with Gasteiger partial charge in [0.15, 0.2) is 11.5 Å². The molecule has 2 heterocycles. The van der Waals surface area contributed by atoms with Crippen molar-refractivity contribution in [3.63, 3.8) is 0 Å². The number of nitrogens with zero attached hydrogens (tertiary/aromatic N) is 2. The SMILES string of the molecule is O=[N+]([O-])c1cc2c(cc1NCc1cncs1)OCO2. The topological polar surface area (TPSA) is 86.5 Å². The van der Waals surface area contributed by atoms with E-state index in [1.54, 1.807) is 17.8 Å². The van der Waals surface area contributed by atoms with Crippen molar-refractivity contribution in [3.05, 3.63) is 38.8 Å². The normalized spacial score (nSPS) is 12.4. The summed E-state index contributed by atoms with van der Waals surface area (Å²) in [5, 5.41) is 14.1. The maximum atomic E-state index is 11.0. The number of nitrogens with one attached hydrogen (secondary N) is 1. The average Bonchev–Trinajstić information content (AvgIpc) is 3.05. The van der Waals surface area contributed by atoms with Crippen LogP contribution < -0.4 is 14.8 Å². The Hall–Kier alpha value is -2.35. The van der Waals surface area contributed by atoms with Gasteiger partial charge in [0.2, 0.25) is 6.79 Å². The highest BCUT2D eigenvalue weighted by molar-refractivity contribution is 7.09. The second-order valence-electron chi connectivity index (χ2n) is 3.80. The van der Waals surface area contributed by atoms with Gasteiger partial charge < -0.3 is 14.8 Å². The number of nitro benzene ring substituents is 1.